The SMILES string of the molecule is CC(=O)Nc1nc(C)c(CCC(C)C)c(=O)[nH]1. The zero-order chi connectivity index (χ0) is 13.0. The lowest BCUT2D eigenvalue weighted by Gasteiger charge is -2.08. The van der Waals surface area contributed by atoms with Crippen LogP contribution in [-0.4, -0.2) is 15.9 Å². The van der Waals surface area contributed by atoms with Gasteiger partial charge >= 0.3 is 0 Å². The Labute approximate surface area is 101 Å². The molecule has 1 aromatic heterocycles. The minimum Gasteiger partial charge on any atom is -0.296 e. The molecule has 17 heavy (non-hydrogen) atoms. The average Bonchev–Trinajstić information content (AvgIpc) is 2.14. The fourth-order valence-electron chi connectivity index (χ4n) is 1.56. The van der Waals surface area contributed by atoms with E-state index in [0.29, 0.717) is 23.6 Å². The zero-order valence-electron chi connectivity index (χ0n) is 10.8. The summed E-state index contributed by atoms with van der Waals surface area (Å²) >= 11 is 0. The highest BCUT2D eigenvalue weighted by atomic mass is 16.1. The number of rotatable bonds is 4. The van der Waals surface area contributed by atoms with Crippen molar-refractivity contribution < 1.29 is 4.79 Å². The summed E-state index contributed by atoms with van der Waals surface area (Å²) in [6.07, 6.45) is 1.66. The van der Waals surface area contributed by atoms with Crippen molar-refractivity contribution in [3.05, 3.63) is 21.6 Å². The predicted molar refractivity (Wildman–Crippen MR) is 67.1 cm³/mol. The number of aryl methyl sites for hydroxylation is 1. The molecule has 0 radical (unpaired) electrons. The molecule has 1 amide bonds. The number of aromatic amines is 1. The van der Waals surface area contributed by atoms with Gasteiger partial charge < -0.3 is 0 Å². The highest BCUT2D eigenvalue weighted by Crippen LogP contribution is 2.09. The van der Waals surface area contributed by atoms with Gasteiger partial charge in [-0.25, -0.2) is 4.98 Å². The number of nitrogens with zero attached hydrogens (tertiary/aromatic N) is 1. The van der Waals surface area contributed by atoms with Gasteiger partial charge in [-0.05, 0) is 25.7 Å². The number of hydrogen-bond acceptors (Lipinski definition) is 3. The number of H-pyrrole nitrogens is 1. The maximum atomic E-state index is 11.8. The molecule has 0 saturated carbocycles. The molecule has 2 N–H and O–H groups in total. The van der Waals surface area contributed by atoms with Crippen molar-refractivity contribution >= 4 is 11.9 Å². The highest BCUT2D eigenvalue weighted by Gasteiger charge is 2.09. The molecule has 94 valence electrons. The van der Waals surface area contributed by atoms with Gasteiger partial charge in [-0.2, -0.15) is 0 Å². The molecule has 5 heteroatoms. The maximum absolute atomic E-state index is 11.8. The second-order valence-corrected chi connectivity index (χ2v) is 4.59. The smallest absolute Gasteiger partial charge is 0.255 e. The molecule has 0 fully saturated rings. The number of hydrogen-bond donors (Lipinski definition) is 2. The average molecular weight is 237 g/mol. The molecular weight excluding hydrogens is 218 g/mol. The fraction of sp³-hybridized carbons (Fsp3) is 0.583. The van der Waals surface area contributed by atoms with Crippen molar-refractivity contribution in [2.24, 2.45) is 5.92 Å². The van der Waals surface area contributed by atoms with E-state index < -0.39 is 0 Å². The van der Waals surface area contributed by atoms with Crippen LogP contribution in [0.5, 0.6) is 0 Å². The Morgan fingerprint density at radius 2 is 2.12 bits per heavy atom. The van der Waals surface area contributed by atoms with Gasteiger partial charge in [-0.15, -0.1) is 0 Å². The fourth-order valence-corrected chi connectivity index (χ4v) is 1.56. The van der Waals surface area contributed by atoms with Crippen LogP contribution in [0.15, 0.2) is 4.79 Å². The number of aromatic nitrogens is 2. The van der Waals surface area contributed by atoms with Crippen LogP contribution in [0.25, 0.3) is 0 Å². The van der Waals surface area contributed by atoms with Gasteiger partial charge in [0.05, 0.1) is 0 Å². The topological polar surface area (TPSA) is 74.8 Å². The Kier molecular flexibility index (Phi) is 4.43. The first-order valence-corrected chi connectivity index (χ1v) is 5.77. The Morgan fingerprint density at radius 1 is 1.47 bits per heavy atom. The highest BCUT2D eigenvalue weighted by molar-refractivity contribution is 5.86. The molecule has 0 atom stereocenters. The van der Waals surface area contributed by atoms with Crippen LogP contribution in [0, 0.1) is 12.8 Å². The second kappa shape index (κ2) is 5.61. The van der Waals surface area contributed by atoms with E-state index in [9.17, 15) is 9.59 Å². The Hall–Kier alpha value is -1.65. The van der Waals surface area contributed by atoms with Gasteiger partial charge in [-0.1, -0.05) is 13.8 Å². The summed E-state index contributed by atoms with van der Waals surface area (Å²) in [5, 5.41) is 2.47. The molecule has 0 unspecified atom stereocenters. The maximum Gasteiger partial charge on any atom is 0.255 e. The predicted octanol–water partition coefficient (Wildman–Crippen LogP) is 1.63. The molecular formula is C12H19N3O2. The third-order valence-electron chi connectivity index (χ3n) is 2.49. The molecule has 0 aliphatic carbocycles. The summed E-state index contributed by atoms with van der Waals surface area (Å²) < 4.78 is 0. The molecule has 0 aliphatic heterocycles. The first kappa shape index (κ1) is 13.4. The van der Waals surface area contributed by atoms with Crippen LogP contribution in [0.1, 0.15) is 38.4 Å². The van der Waals surface area contributed by atoms with Crippen LogP contribution in [0.3, 0.4) is 0 Å². The summed E-state index contributed by atoms with van der Waals surface area (Å²) in [7, 11) is 0. The molecule has 1 aromatic rings. The van der Waals surface area contributed by atoms with E-state index in [4.69, 9.17) is 0 Å². The summed E-state index contributed by atoms with van der Waals surface area (Å²) in [6.45, 7) is 7.39. The van der Waals surface area contributed by atoms with Crippen LogP contribution in [0.2, 0.25) is 0 Å². The third-order valence-corrected chi connectivity index (χ3v) is 2.49. The van der Waals surface area contributed by atoms with Gasteiger partial charge in [0.1, 0.15) is 0 Å². The number of anilines is 1. The summed E-state index contributed by atoms with van der Waals surface area (Å²) in [4.78, 5) is 29.4. The quantitative estimate of drug-likeness (QED) is 0.835. The van der Waals surface area contributed by atoms with Crippen LogP contribution in [-0.2, 0) is 11.2 Å². The van der Waals surface area contributed by atoms with E-state index in [2.05, 4.69) is 29.1 Å². The largest absolute Gasteiger partial charge is 0.296 e. The van der Waals surface area contributed by atoms with Gasteiger partial charge in [0.2, 0.25) is 11.9 Å². The normalized spacial score (nSPS) is 10.6. The molecule has 1 heterocycles. The molecule has 5 nitrogen and oxygen atoms in total. The number of nitrogens with one attached hydrogen (secondary N) is 2. The standard InChI is InChI=1S/C12H19N3O2/c1-7(2)5-6-10-8(3)13-12(14-9(4)16)15-11(10)17/h7H,5-6H2,1-4H3,(H2,13,14,15,16,17). The van der Waals surface area contributed by atoms with E-state index in [1.165, 1.54) is 6.92 Å². The lowest BCUT2D eigenvalue weighted by molar-refractivity contribution is -0.114. The van der Waals surface area contributed by atoms with Crippen LogP contribution >= 0.6 is 0 Å². The van der Waals surface area contributed by atoms with Gasteiger partial charge in [0.15, 0.2) is 0 Å². The van der Waals surface area contributed by atoms with Crippen molar-refractivity contribution in [3.8, 4) is 0 Å². The number of carbonyl (C=O) groups excluding carboxylic acids is 1. The van der Waals surface area contributed by atoms with Crippen molar-refractivity contribution in [2.45, 2.75) is 40.5 Å². The Bertz CT molecular complexity index is 463. The van der Waals surface area contributed by atoms with E-state index >= 15 is 0 Å². The Morgan fingerprint density at radius 3 is 2.59 bits per heavy atom. The van der Waals surface area contributed by atoms with Crippen LogP contribution in [0.4, 0.5) is 5.95 Å². The van der Waals surface area contributed by atoms with E-state index in [1.807, 2.05) is 0 Å². The van der Waals surface area contributed by atoms with Crippen molar-refractivity contribution in [2.75, 3.05) is 5.32 Å². The first-order chi connectivity index (χ1) is 7.90. The van der Waals surface area contributed by atoms with E-state index in [1.54, 1.807) is 6.92 Å². The van der Waals surface area contributed by atoms with Crippen molar-refractivity contribution in [1.29, 1.82) is 0 Å². The molecule has 1 rings (SSSR count). The molecule has 0 aromatic carbocycles. The third kappa shape index (κ3) is 4.01. The summed E-state index contributed by atoms with van der Waals surface area (Å²) in [5.74, 6) is 0.514. The van der Waals surface area contributed by atoms with Gasteiger partial charge in [0.25, 0.3) is 5.56 Å². The number of carbonyl (C=O) groups is 1. The molecule has 0 saturated heterocycles. The van der Waals surface area contributed by atoms with E-state index in [0.717, 1.165) is 6.42 Å². The monoisotopic (exact) mass is 237 g/mol. The van der Waals surface area contributed by atoms with Crippen molar-refractivity contribution in [3.63, 3.8) is 0 Å². The lowest BCUT2D eigenvalue weighted by atomic mass is 10.0. The Balaban J connectivity index is 2.94. The first-order valence-electron chi connectivity index (χ1n) is 5.77. The van der Waals surface area contributed by atoms with Gasteiger partial charge in [0, 0.05) is 18.2 Å². The lowest BCUT2D eigenvalue weighted by Crippen LogP contribution is -2.21. The second-order valence-electron chi connectivity index (χ2n) is 4.59. The minimum atomic E-state index is -0.248. The molecule has 0 spiro atoms. The van der Waals surface area contributed by atoms with Crippen LogP contribution < -0.4 is 10.9 Å². The molecule has 0 aliphatic rings. The molecule has 0 bridgehead atoms. The summed E-state index contributed by atoms with van der Waals surface area (Å²) in [5.41, 5.74) is 1.22. The zero-order valence-corrected chi connectivity index (χ0v) is 10.8. The van der Waals surface area contributed by atoms with Crippen molar-refractivity contribution in [1.82, 2.24) is 9.97 Å². The van der Waals surface area contributed by atoms with E-state index in [-0.39, 0.29) is 17.4 Å². The number of amides is 1. The minimum absolute atomic E-state index is 0.165. The van der Waals surface area contributed by atoms with Gasteiger partial charge in [-0.3, -0.25) is 19.9 Å². The summed E-state index contributed by atoms with van der Waals surface area (Å²) in [6, 6.07) is 0.